The number of thiophene rings is 1. The van der Waals surface area contributed by atoms with E-state index >= 15 is 0 Å². The SMILES string of the molecule is O=c1ccc(-c2cccs2)nn1C[C@H]1CCCN1S(=O)(=O)C1CCS(=O)(=O)C1. The van der Waals surface area contributed by atoms with Gasteiger partial charge in [-0.05, 0) is 36.8 Å². The first-order chi connectivity index (χ1) is 13.3. The van der Waals surface area contributed by atoms with E-state index in [2.05, 4.69) is 5.10 Å². The van der Waals surface area contributed by atoms with Crippen LogP contribution in [0.5, 0.6) is 0 Å². The Hall–Kier alpha value is -1.56. The predicted octanol–water partition coefficient (Wildman–Crippen LogP) is 0.953. The Bertz CT molecular complexity index is 1120. The standard InChI is InChI=1S/C17H21N3O5S3/c21-17-6-5-15(16-4-2-9-26-16)18-19(17)11-13-3-1-8-20(13)28(24,25)14-7-10-27(22,23)12-14/h2,4-6,9,13-14H,1,3,7-8,10-12H2/t13-,14?/m1/s1. The zero-order valence-electron chi connectivity index (χ0n) is 15.1. The third kappa shape index (κ3) is 3.80. The number of hydrogen-bond donors (Lipinski definition) is 0. The molecule has 0 aromatic carbocycles. The molecule has 2 aromatic rings. The Morgan fingerprint density at radius 1 is 1.21 bits per heavy atom. The molecule has 4 rings (SSSR count). The fourth-order valence-corrected chi connectivity index (χ4v) is 9.31. The van der Waals surface area contributed by atoms with Crippen molar-refractivity contribution in [1.29, 1.82) is 0 Å². The third-order valence-electron chi connectivity index (χ3n) is 5.29. The van der Waals surface area contributed by atoms with Crippen LogP contribution in [0.15, 0.2) is 34.4 Å². The van der Waals surface area contributed by atoms with E-state index in [0.29, 0.717) is 25.1 Å². The molecule has 2 saturated heterocycles. The van der Waals surface area contributed by atoms with Crippen LogP contribution in [0, 0.1) is 0 Å². The van der Waals surface area contributed by atoms with Gasteiger partial charge in [-0.15, -0.1) is 11.3 Å². The minimum absolute atomic E-state index is 0.0841. The van der Waals surface area contributed by atoms with Gasteiger partial charge in [0.15, 0.2) is 9.84 Å². The van der Waals surface area contributed by atoms with Crippen LogP contribution in [0.1, 0.15) is 19.3 Å². The van der Waals surface area contributed by atoms with Crippen LogP contribution >= 0.6 is 11.3 Å². The van der Waals surface area contributed by atoms with Crippen molar-refractivity contribution in [2.45, 2.75) is 37.1 Å². The molecule has 11 heteroatoms. The van der Waals surface area contributed by atoms with Crippen molar-refractivity contribution in [3.8, 4) is 10.6 Å². The number of hydrogen-bond acceptors (Lipinski definition) is 7. The van der Waals surface area contributed by atoms with E-state index < -0.39 is 31.2 Å². The summed E-state index contributed by atoms with van der Waals surface area (Å²) in [5, 5.41) is 5.45. The molecular formula is C17H21N3O5S3. The molecule has 8 nitrogen and oxygen atoms in total. The first kappa shape index (κ1) is 19.7. The molecule has 2 fully saturated rings. The third-order valence-corrected chi connectivity index (χ3v) is 10.5. The molecule has 2 aliphatic heterocycles. The summed E-state index contributed by atoms with van der Waals surface area (Å²) in [5.41, 5.74) is 0.386. The van der Waals surface area contributed by atoms with Gasteiger partial charge in [-0.3, -0.25) is 4.79 Å². The molecule has 0 bridgehead atoms. The van der Waals surface area contributed by atoms with Gasteiger partial charge in [0.1, 0.15) is 5.69 Å². The van der Waals surface area contributed by atoms with Crippen LogP contribution in [0.4, 0.5) is 0 Å². The van der Waals surface area contributed by atoms with Gasteiger partial charge in [0, 0.05) is 18.7 Å². The molecule has 0 saturated carbocycles. The van der Waals surface area contributed by atoms with Crippen molar-refractivity contribution in [1.82, 2.24) is 14.1 Å². The summed E-state index contributed by atoms with van der Waals surface area (Å²) < 4.78 is 52.2. The number of nitrogens with zero attached hydrogens (tertiary/aromatic N) is 3. The van der Waals surface area contributed by atoms with Gasteiger partial charge in [-0.2, -0.15) is 9.40 Å². The Morgan fingerprint density at radius 2 is 2.04 bits per heavy atom. The van der Waals surface area contributed by atoms with E-state index in [0.717, 1.165) is 4.88 Å². The molecule has 0 N–H and O–H groups in total. The highest BCUT2D eigenvalue weighted by Gasteiger charge is 2.44. The van der Waals surface area contributed by atoms with E-state index in [9.17, 15) is 21.6 Å². The van der Waals surface area contributed by atoms with E-state index in [1.165, 1.54) is 26.4 Å². The quantitative estimate of drug-likeness (QED) is 0.681. The maximum atomic E-state index is 13.0. The number of aromatic nitrogens is 2. The summed E-state index contributed by atoms with van der Waals surface area (Å²) in [7, 11) is -7.03. The molecule has 0 radical (unpaired) electrons. The lowest BCUT2D eigenvalue weighted by Crippen LogP contribution is -2.45. The maximum Gasteiger partial charge on any atom is 0.266 e. The molecule has 2 aromatic heterocycles. The second-order valence-electron chi connectivity index (χ2n) is 7.19. The number of rotatable bonds is 5. The second kappa shape index (κ2) is 7.36. The van der Waals surface area contributed by atoms with Crippen LogP contribution in [0.25, 0.3) is 10.6 Å². The van der Waals surface area contributed by atoms with Crippen LogP contribution < -0.4 is 5.56 Å². The minimum Gasteiger partial charge on any atom is -0.268 e. The van der Waals surface area contributed by atoms with E-state index in [4.69, 9.17) is 0 Å². The summed E-state index contributed by atoms with van der Waals surface area (Å²) in [6.45, 7) is 0.514. The molecule has 4 heterocycles. The van der Waals surface area contributed by atoms with Crippen molar-refractivity contribution in [3.05, 3.63) is 40.0 Å². The van der Waals surface area contributed by atoms with E-state index in [-0.39, 0.29) is 30.0 Å². The highest BCUT2D eigenvalue weighted by atomic mass is 32.2. The molecule has 1 unspecified atom stereocenters. The van der Waals surface area contributed by atoms with Gasteiger partial charge in [0.2, 0.25) is 10.0 Å². The van der Waals surface area contributed by atoms with E-state index in [1.54, 1.807) is 6.07 Å². The summed E-state index contributed by atoms with van der Waals surface area (Å²) >= 11 is 1.51. The Kier molecular flexibility index (Phi) is 5.19. The molecule has 0 amide bonds. The number of sulfone groups is 1. The van der Waals surface area contributed by atoms with Crippen molar-refractivity contribution in [2.75, 3.05) is 18.1 Å². The minimum atomic E-state index is -3.73. The van der Waals surface area contributed by atoms with Gasteiger partial charge >= 0.3 is 0 Å². The Morgan fingerprint density at radius 3 is 2.71 bits per heavy atom. The van der Waals surface area contributed by atoms with Crippen molar-refractivity contribution in [2.24, 2.45) is 0 Å². The van der Waals surface area contributed by atoms with E-state index in [1.807, 2.05) is 17.5 Å². The van der Waals surface area contributed by atoms with Crippen LogP contribution in [-0.4, -0.2) is 60.3 Å². The number of sulfonamides is 1. The normalized spacial score (nSPS) is 25.3. The topological polar surface area (TPSA) is 106 Å². The maximum absolute atomic E-state index is 13.0. The second-order valence-corrected chi connectivity index (χ2v) is 12.5. The average Bonchev–Trinajstić information content (AvgIpc) is 3.37. The van der Waals surface area contributed by atoms with Crippen LogP contribution in [0.2, 0.25) is 0 Å². The monoisotopic (exact) mass is 443 g/mol. The summed E-state index contributed by atoms with van der Waals surface area (Å²) in [5.74, 6) is -0.399. The Labute approximate surface area is 167 Å². The first-order valence-corrected chi connectivity index (χ1v) is 13.3. The largest absolute Gasteiger partial charge is 0.268 e. The summed E-state index contributed by atoms with van der Waals surface area (Å²) in [6, 6.07) is 6.53. The molecule has 2 atom stereocenters. The zero-order chi connectivity index (χ0) is 19.9. The summed E-state index contributed by atoms with van der Waals surface area (Å²) in [6.07, 6.45) is 1.44. The fourth-order valence-electron chi connectivity index (χ4n) is 3.85. The smallest absolute Gasteiger partial charge is 0.266 e. The first-order valence-electron chi connectivity index (χ1n) is 9.09. The van der Waals surface area contributed by atoms with Gasteiger partial charge in [0.05, 0.1) is 28.2 Å². The van der Waals surface area contributed by atoms with Gasteiger partial charge in [0.25, 0.3) is 5.56 Å². The van der Waals surface area contributed by atoms with Gasteiger partial charge in [-0.25, -0.2) is 21.5 Å². The molecule has 0 aliphatic carbocycles. The van der Waals surface area contributed by atoms with Crippen molar-refractivity contribution < 1.29 is 16.8 Å². The highest BCUT2D eigenvalue weighted by Crippen LogP contribution is 2.29. The van der Waals surface area contributed by atoms with Crippen molar-refractivity contribution >= 4 is 31.2 Å². The average molecular weight is 444 g/mol. The Balaban J connectivity index is 1.58. The lowest BCUT2D eigenvalue weighted by molar-refractivity contribution is 0.332. The van der Waals surface area contributed by atoms with Gasteiger partial charge < -0.3 is 0 Å². The fraction of sp³-hybridized carbons (Fsp3) is 0.529. The predicted molar refractivity (Wildman–Crippen MR) is 108 cm³/mol. The molecule has 0 spiro atoms. The zero-order valence-corrected chi connectivity index (χ0v) is 17.5. The lowest BCUT2D eigenvalue weighted by Gasteiger charge is -2.26. The van der Waals surface area contributed by atoms with Crippen LogP contribution in [-0.2, 0) is 26.4 Å². The highest BCUT2D eigenvalue weighted by molar-refractivity contribution is 7.95. The van der Waals surface area contributed by atoms with Crippen molar-refractivity contribution in [3.63, 3.8) is 0 Å². The molecular weight excluding hydrogens is 422 g/mol. The van der Waals surface area contributed by atoms with Crippen LogP contribution in [0.3, 0.4) is 0 Å². The molecule has 28 heavy (non-hydrogen) atoms. The molecule has 2 aliphatic rings. The van der Waals surface area contributed by atoms with Gasteiger partial charge in [-0.1, -0.05) is 6.07 Å². The lowest BCUT2D eigenvalue weighted by atomic mass is 10.2. The summed E-state index contributed by atoms with van der Waals surface area (Å²) in [4.78, 5) is 13.2. The molecule has 152 valence electrons.